The Morgan fingerprint density at radius 2 is 2.18 bits per heavy atom. The molecule has 0 unspecified atom stereocenters. The van der Waals surface area contributed by atoms with Crippen molar-refractivity contribution in [3.63, 3.8) is 0 Å². The van der Waals surface area contributed by atoms with Crippen molar-refractivity contribution in [1.29, 1.82) is 0 Å². The predicted octanol–water partition coefficient (Wildman–Crippen LogP) is 2.67. The lowest BCUT2D eigenvalue weighted by atomic mass is 10.2. The summed E-state index contributed by atoms with van der Waals surface area (Å²) in [5.74, 6) is 0.853. The Morgan fingerprint density at radius 1 is 1.41 bits per heavy atom. The Labute approximate surface area is 136 Å². The van der Waals surface area contributed by atoms with E-state index in [9.17, 15) is 0 Å². The summed E-state index contributed by atoms with van der Waals surface area (Å²) < 4.78 is 1.78. The van der Waals surface area contributed by atoms with Gasteiger partial charge in [0.15, 0.2) is 5.96 Å². The van der Waals surface area contributed by atoms with E-state index in [1.165, 1.54) is 0 Å². The van der Waals surface area contributed by atoms with Crippen LogP contribution in [0, 0.1) is 0 Å². The van der Waals surface area contributed by atoms with Crippen molar-refractivity contribution < 1.29 is 0 Å². The van der Waals surface area contributed by atoms with Crippen molar-refractivity contribution in [2.45, 2.75) is 20.0 Å². The van der Waals surface area contributed by atoms with Crippen LogP contribution in [-0.4, -0.2) is 34.2 Å². The molecule has 1 heterocycles. The van der Waals surface area contributed by atoms with Crippen LogP contribution in [0.15, 0.2) is 41.7 Å². The highest BCUT2D eigenvalue weighted by Crippen LogP contribution is 2.16. The highest BCUT2D eigenvalue weighted by Gasteiger charge is 2.08. The van der Waals surface area contributed by atoms with Crippen molar-refractivity contribution >= 4 is 17.6 Å². The topological polar surface area (TPSA) is 45.5 Å². The van der Waals surface area contributed by atoms with Crippen LogP contribution in [-0.2, 0) is 20.1 Å². The maximum atomic E-state index is 6.23. The molecule has 0 amide bonds. The van der Waals surface area contributed by atoms with Crippen LogP contribution >= 0.6 is 11.6 Å². The summed E-state index contributed by atoms with van der Waals surface area (Å²) in [5.41, 5.74) is 2.17. The van der Waals surface area contributed by atoms with Crippen LogP contribution in [0.5, 0.6) is 0 Å². The van der Waals surface area contributed by atoms with E-state index < -0.39 is 0 Å². The van der Waals surface area contributed by atoms with Gasteiger partial charge in [-0.15, -0.1) is 0 Å². The highest BCUT2D eigenvalue weighted by atomic mass is 35.5. The number of aliphatic imine (C=N–C) groups is 1. The first kappa shape index (κ1) is 16.4. The molecule has 0 aliphatic carbocycles. The van der Waals surface area contributed by atoms with E-state index in [1.807, 2.05) is 50.8 Å². The summed E-state index contributed by atoms with van der Waals surface area (Å²) in [5, 5.41) is 8.24. The van der Waals surface area contributed by atoms with Gasteiger partial charge in [-0.2, -0.15) is 5.10 Å². The second-order valence-corrected chi connectivity index (χ2v) is 5.55. The Balaban J connectivity index is 2.07. The maximum absolute atomic E-state index is 6.23. The molecule has 2 aromatic rings. The van der Waals surface area contributed by atoms with E-state index in [-0.39, 0.29) is 0 Å². The third-order valence-electron chi connectivity index (χ3n) is 3.23. The molecule has 5 nitrogen and oxygen atoms in total. The fourth-order valence-corrected chi connectivity index (χ4v) is 2.34. The lowest BCUT2D eigenvalue weighted by Crippen LogP contribution is -2.38. The van der Waals surface area contributed by atoms with Crippen LogP contribution in [0.3, 0.4) is 0 Å². The second kappa shape index (κ2) is 7.84. The number of benzene rings is 1. The molecule has 22 heavy (non-hydrogen) atoms. The first-order valence-corrected chi connectivity index (χ1v) is 7.68. The first-order valence-electron chi connectivity index (χ1n) is 7.30. The van der Waals surface area contributed by atoms with Crippen LogP contribution < -0.4 is 5.32 Å². The molecule has 0 saturated carbocycles. The van der Waals surface area contributed by atoms with Gasteiger partial charge in [-0.05, 0) is 18.6 Å². The normalized spacial score (nSPS) is 11.5. The fraction of sp³-hybridized carbons (Fsp3) is 0.375. The summed E-state index contributed by atoms with van der Waals surface area (Å²) in [6, 6.07) is 7.87. The lowest BCUT2D eigenvalue weighted by molar-refractivity contribution is 0.477. The number of aromatic nitrogens is 2. The van der Waals surface area contributed by atoms with E-state index in [0.717, 1.165) is 28.7 Å². The van der Waals surface area contributed by atoms with Gasteiger partial charge in [-0.1, -0.05) is 29.8 Å². The molecular formula is C16H22ClN5. The SMILES string of the molecule is CCNC(=NCc1cnn(C)c1)N(C)Cc1ccccc1Cl. The smallest absolute Gasteiger partial charge is 0.194 e. The summed E-state index contributed by atoms with van der Waals surface area (Å²) in [4.78, 5) is 6.73. The number of halogens is 1. The third kappa shape index (κ3) is 4.49. The average Bonchev–Trinajstić information content (AvgIpc) is 2.91. The maximum Gasteiger partial charge on any atom is 0.194 e. The lowest BCUT2D eigenvalue weighted by Gasteiger charge is -2.22. The molecular weight excluding hydrogens is 298 g/mol. The van der Waals surface area contributed by atoms with Crippen molar-refractivity contribution in [3.8, 4) is 0 Å². The van der Waals surface area contributed by atoms with Crippen molar-refractivity contribution in [1.82, 2.24) is 20.0 Å². The van der Waals surface area contributed by atoms with Gasteiger partial charge < -0.3 is 10.2 Å². The molecule has 0 saturated heterocycles. The monoisotopic (exact) mass is 319 g/mol. The zero-order valence-electron chi connectivity index (χ0n) is 13.3. The van der Waals surface area contributed by atoms with Crippen LogP contribution in [0.25, 0.3) is 0 Å². The van der Waals surface area contributed by atoms with Gasteiger partial charge in [0.1, 0.15) is 0 Å². The number of hydrogen-bond donors (Lipinski definition) is 1. The van der Waals surface area contributed by atoms with Gasteiger partial charge in [0.05, 0.1) is 12.7 Å². The van der Waals surface area contributed by atoms with Crippen LogP contribution in [0.1, 0.15) is 18.1 Å². The van der Waals surface area contributed by atoms with Crippen molar-refractivity contribution in [2.75, 3.05) is 13.6 Å². The number of nitrogens with zero attached hydrogens (tertiary/aromatic N) is 4. The summed E-state index contributed by atoms with van der Waals surface area (Å²) >= 11 is 6.23. The summed E-state index contributed by atoms with van der Waals surface area (Å²) in [7, 11) is 3.91. The molecule has 0 atom stereocenters. The number of rotatable bonds is 5. The average molecular weight is 320 g/mol. The first-order chi connectivity index (χ1) is 10.6. The van der Waals surface area contributed by atoms with E-state index in [0.29, 0.717) is 13.1 Å². The third-order valence-corrected chi connectivity index (χ3v) is 3.60. The number of hydrogen-bond acceptors (Lipinski definition) is 2. The van der Waals surface area contributed by atoms with Crippen LogP contribution in [0.2, 0.25) is 5.02 Å². The van der Waals surface area contributed by atoms with Gasteiger partial charge in [0.25, 0.3) is 0 Å². The van der Waals surface area contributed by atoms with Gasteiger partial charge in [0.2, 0.25) is 0 Å². The zero-order chi connectivity index (χ0) is 15.9. The molecule has 0 aliphatic heterocycles. The quantitative estimate of drug-likeness (QED) is 0.681. The molecule has 1 aromatic heterocycles. The van der Waals surface area contributed by atoms with E-state index in [2.05, 4.69) is 27.2 Å². The van der Waals surface area contributed by atoms with Gasteiger partial charge in [-0.3, -0.25) is 4.68 Å². The van der Waals surface area contributed by atoms with Gasteiger partial charge in [0, 0.05) is 44.0 Å². The zero-order valence-corrected chi connectivity index (χ0v) is 14.0. The molecule has 0 radical (unpaired) electrons. The minimum Gasteiger partial charge on any atom is -0.357 e. The summed E-state index contributed by atoms with van der Waals surface area (Å²) in [6.07, 6.45) is 3.81. The van der Waals surface area contributed by atoms with E-state index in [1.54, 1.807) is 4.68 Å². The molecule has 118 valence electrons. The predicted molar refractivity (Wildman–Crippen MR) is 90.9 cm³/mol. The van der Waals surface area contributed by atoms with Crippen LogP contribution in [0.4, 0.5) is 0 Å². The molecule has 0 aliphatic rings. The van der Waals surface area contributed by atoms with Gasteiger partial charge >= 0.3 is 0 Å². The molecule has 0 bridgehead atoms. The van der Waals surface area contributed by atoms with E-state index >= 15 is 0 Å². The Bertz CT molecular complexity index is 635. The highest BCUT2D eigenvalue weighted by molar-refractivity contribution is 6.31. The molecule has 0 spiro atoms. The molecule has 0 fully saturated rings. The largest absolute Gasteiger partial charge is 0.357 e. The number of guanidine groups is 1. The minimum absolute atomic E-state index is 0.600. The standard InChI is InChI=1S/C16H22ClN5/c1-4-18-16(19-9-13-10-20-22(3)11-13)21(2)12-14-7-5-6-8-15(14)17/h5-8,10-11H,4,9,12H2,1-3H3,(H,18,19). The minimum atomic E-state index is 0.600. The van der Waals surface area contributed by atoms with E-state index in [4.69, 9.17) is 11.6 Å². The Hall–Kier alpha value is -2.01. The summed E-state index contributed by atoms with van der Waals surface area (Å²) in [6.45, 7) is 4.18. The fourth-order valence-electron chi connectivity index (χ4n) is 2.15. The molecule has 6 heteroatoms. The van der Waals surface area contributed by atoms with Gasteiger partial charge in [-0.25, -0.2) is 4.99 Å². The van der Waals surface area contributed by atoms with Crippen molar-refractivity contribution in [3.05, 3.63) is 52.8 Å². The molecule has 2 rings (SSSR count). The van der Waals surface area contributed by atoms with Crippen molar-refractivity contribution in [2.24, 2.45) is 12.0 Å². The second-order valence-electron chi connectivity index (χ2n) is 5.14. The molecule has 1 N–H and O–H groups in total. The Morgan fingerprint density at radius 3 is 2.82 bits per heavy atom. The molecule has 1 aromatic carbocycles. The number of aryl methyl sites for hydroxylation is 1. The number of nitrogens with one attached hydrogen (secondary N) is 1. The Kier molecular flexibility index (Phi) is 5.83.